The van der Waals surface area contributed by atoms with Crippen molar-refractivity contribution in [1.29, 1.82) is 0 Å². The number of hydrogen-bond acceptors (Lipinski definition) is 4. The van der Waals surface area contributed by atoms with Crippen molar-refractivity contribution in [2.24, 2.45) is 17.6 Å². The minimum Gasteiger partial charge on any atom is -0.352 e. The Morgan fingerprint density at radius 3 is 2.28 bits per heavy atom. The van der Waals surface area contributed by atoms with E-state index >= 15 is 0 Å². The van der Waals surface area contributed by atoms with E-state index in [-0.39, 0.29) is 54.3 Å². The van der Waals surface area contributed by atoms with E-state index in [0.717, 1.165) is 5.56 Å². The molecule has 0 unspecified atom stereocenters. The molecule has 2 rings (SSSR count). The van der Waals surface area contributed by atoms with Crippen LogP contribution in [-0.2, 0) is 20.9 Å². The van der Waals surface area contributed by atoms with Crippen molar-refractivity contribution >= 4 is 30.1 Å². The Bertz CT molecular complexity index is 691. The maximum absolute atomic E-state index is 12.9. The van der Waals surface area contributed by atoms with Gasteiger partial charge >= 0.3 is 0 Å². The summed E-state index contributed by atoms with van der Waals surface area (Å²) in [5.74, 6) is -1.04. The molecular formula is C20H30ClFN4O3. The number of hydrogen-bond donors (Lipinski definition) is 3. The maximum Gasteiger partial charge on any atom is 0.241 e. The fraction of sp³-hybridized carbons (Fsp3) is 0.550. The second-order valence-corrected chi connectivity index (χ2v) is 7.49. The first-order chi connectivity index (χ1) is 13.3. The van der Waals surface area contributed by atoms with Crippen LogP contribution in [0.3, 0.4) is 0 Å². The van der Waals surface area contributed by atoms with Gasteiger partial charge in [-0.3, -0.25) is 14.4 Å². The molecule has 0 saturated carbocycles. The van der Waals surface area contributed by atoms with E-state index in [2.05, 4.69) is 10.6 Å². The van der Waals surface area contributed by atoms with Crippen molar-refractivity contribution in [3.05, 3.63) is 35.6 Å². The summed E-state index contributed by atoms with van der Waals surface area (Å²) in [4.78, 5) is 38.1. The van der Waals surface area contributed by atoms with Gasteiger partial charge in [-0.05, 0) is 36.5 Å². The van der Waals surface area contributed by atoms with Crippen molar-refractivity contribution in [2.75, 3.05) is 19.6 Å². The highest BCUT2D eigenvalue weighted by molar-refractivity contribution is 5.87. The second kappa shape index (κ2) is 11.7. The number of rotatable bonds is 7. The molecule has 7 nitrogen and oxygen atoms in total. The van der Waals surface area contributed by atoms with Crippen LogP contribution in [0.4, 0.5) is 4.39 Å². The van der Waals surface area contributed by atoms with Gasteiger partial charge in [-0.25, -0.2) is 4.39 Å². The topological polar surface area (TPSA) is 105 Å². The van der Waals surface area contributed by atoms with Crippen molar-refractivity contribution in [3.63, 3.8) is 0 Å². The third-order valence-electron chi connectivity index (χ3n) is 5.03. The van der Waals surface area contributed by atoms with Crippen LogP contribution >= 0.6 is 12.4 Å². The first-order valence-electron chi connectivity index (χ1n) is 9.61. The lowest BCUT2D eigenvalue weighted by molar-refractivity contribution is -0.136. The number of nitrogens with zero attached hydrogens (tertiary/aromatic N) is 1. The molecule has 1 aliphatic heterocycles. The van der Waals surface area contributed by atoms with Crippen LogP contribution in [0.15, 0.2) is 24.3 Å². The summed E-state index contributed by atoms with van der Waals surface area (Å²) in [5.41, 5.74) is 6.59. The van der Waals surface area contributed by atoms with Gasteiger partial charge in [0.1, 0.15) is 5.82 Å². The summed E-state index contributed by atoms with van der Waals surface area (Å²) >= 11 is 0. The molecule has 0 spiro atoms. The minimum atomic E-state index is -0.636. The Labute approximate surface area is 177 Å². The molecule has 1 heterocycles. The molecule has 4 N–H and O–H groups in total. The van der Waals surface area contributed by atoms with E-state index in [9.17, 15) is 18.8 Å². The Kier molecular flexibility index (Phi) is 10.0. The Hall–Kier alpha value is -2.19. The lowest BCUT2D eigenvalue weighted by Gasteiger charge is -2.31. The molecule has 0 radical (unpaired) electrons. The van der Waals surface area contributed by atoms with Gasteiger partial charge in [0.25, 0.3) is 0 Å². The zero-order chi connectivity index (χ0) is 20.7. The largest absolute Gasteiger partial charge is 0.352 e. The average molecular weight is 429 g/mol. The number of nitrogens with two attached hydrogens (primary N) is 1. The molecule has 1 aliphatic rings. The smallest absolute Gasteiger partial charge is 0.241 e. The van der Waals surface area contributed by atoms with Gasteiger partial charge in [-0.2, -0.15) is 0 Å². The van der Waals surface area contributed by atoms with Crippen LogP contribution in [0.25, 0.3) is 0 Å². The van der Waals surface area contributed by atoms with E-state index in [1.165, 1.54) is 12.1 Å². The van der Waals surface area contributed by atoms with Gasteiger partial charge in [-0.15, -0.1) is 12.4 Å². The molecule has 1 aromatic carbocycles. The zero-order valence-electron chi connectivity index (χ0n) is 16.8. The predicted molar refractivity (Wildman–Crippen MR) is 111 cm³/mol. The Balaban J connectivity index is 0.00000420. The first-order valence-corrected chi connectivity index (χ1v) is 9.61. The van der Waals surface area contributed by atoms with E-state index < -0.39 is 6.04 Å². The lowest BCUT2D eigenvalue weighted by Crippen LogP contribution is -2.49. The zero-order valence-corrected chi connectivity index (χ0v) is 17.6. The first kappa shape index (κ1) is 24.8. The van der Waals surface area contributed by atoms with Crippen molar-refractivity contribution in [2.45, 2.75) is 39.3 Å². The lowest BCUT2D eigenvalue weighted by atomic mass is 9.95. The SMILES string of the molecule is CC(C)[C@H](N)C(=O)NCC(=O)N1CCC(C(=O)NCc2ccc(F)cc2)CC1.Cl. The monoisotopic (exact) mass is 428 g/mol. The summed E-state index contributed by atoms with van der Waals surface area (Å²) in [6, 6.07) is 5.35. The van der Waals surface area contributed by atoms with Crippen molar-refractivity contribution in [3.8, 4) is 0 Å². The van der Waals surface area contributed by atoms with E-state index in [4.69, 9.17) is 5.73 Å². The fourth-order valence-corrected chi connectivity index (χ4v) is 3.02. The van der Waals surface area contributed by atoms with Crippen LogP contribution in [-0.4, -0.2) is 48.3 Å². The van der Waals surface area contributed by atoms with Gasteiger partial charge in [-0.1, -0.05) is 26.0 Å². The van der Waals surface area contributed by atoms with Crippen LogP contribution in [0.2, 0.25) is 0 Å². The highest BCUT2D eigenvalue weighted by Gasteiger charge is 2.27. The van der Waals surface area contributed by atoms with Gasteiger partial charge in [0.05, 0.1) is 12.6 Å². The molecule has 1 fully saturated rings. The van der Waals surface area contributed by atoms with Crippen molar-refractivity contribution in [1.82, 2.24) is 15.5 Å². The summed E-state index contributed by atoms with van der Waals surface area (Å²) in [6.45, 7) is 4.90. The molecule has 1 saturated heterocycles. The average Bonchev–Trinajstić information content (AvgIpc) is 2.70. The van der Waals surface area contributed by atoms with Crippen LogP contribution in [0.1, 0.15) is 32.3 Å². The fourth-order valence-electron chi connectivity index (χ4n) is 3.02. The Morgan fingerprint density at radius 2 is 1.72 bits per heavy atom. The number of nitrogens with one attached hydrogen (secondary N) is 2. The summed E-state index contributed by atoms with van der Waals surface area (Å²) in [5, 5.41) is 5.44. The van der Waals surface area contributed by atoms with E-state index in [1.54, 1.807) is 17.0 Å². The quantitative estimate of drug-likeness (QED) is 0.607. The molecule has 0 aromatic heterocycles. The summed E-state index contributed by atoms with van der Waals surface area (Å²) in [6.07, 6.45) is 1.14. The van der Waals surface area contributed by atoms with Gasteiger partial charge in [0.2, 0.25) is 17.7 Å². The predicted octanol–water partition coefficient (Wildman–Crippen LogP) is 1.20. The highest BCUT2D eigenvalue weighted by atomic mass is 35.5. The number of benzene rings is 1. The third-order valence-corrected chi connectivity index (χ3v) is 5.03. The highest BCUT2D eigenvalue weighted by Crippen LogP contribution is 2.17. The van der Waals surface area contributed by atoms with Crippen LogP contribution < -0.4 is 16.4 Å². The normalized spacial score (nSPS) is 15.4. The summed E-state index contributed by atoms with van der Waals surface area (Å²) < 4.78 is 12.9. The number of halogens is 2. The molecule has 3 amide bonds. The number of amides is 3. The second-order valence-electron chi connectivity index (χ2n) is 7.49. The van der Waals surface area contributed by atoms with Crippen molar-refractivity contribution < 1.29 is 18.8 Å². The van der Waals surface area contributed by atoms with E-state index in [0.29, 0.717) is 32.5 Å². The minimum absolute atomic E-state index is 0. The summed E-state index contributed by atoms with van der Waals surface area (Å²) in [7, 11) is 0. The van der Waals surface area contributed by atoms with Crippen LogP contribution in [0.5, 0.6) is 0 Å². The molecule has 162 valence electrons. The molecule has 1 aromatic rings. The number of carbonyl (C=O) groups is 3. The van der Waals surface area contributed by atoms with Gasteiger partial charge in [0, 0.05) is 25.6 Å². The van der Waals surface area contributed by atoms with Crippen LogP contribution in [0, 0.1) is 17.7 Å². The maximum atomic E-state index is 12.9. The molecule has 29 heavy (non-hydrogen) atoms. The standard InChI is InChI=1S/C20H29FN4O3.ClH/c1-13(2)18(22)20(28)24-12-17(26)25-9-7-15(8-10-25)19(27)23-11-14-3-5-16(21)6-4-14;/h3-6,13,15,18H,7-12,22H2,1-2H3,(H,23,27)(H,24,28);1H/t18-;/m0./s1. The van der Waals surface area contributed by atoms with Gasteiger partial charge < -0.3 is 21.3 Å². The molecule has 1 atom stereocenters. The molecular weight excluding hydrogens is 399 g/mol. The number of piperidine rings is 1. The number of carbonyl (C=O) groups excluding carboxylic acids is 3. The van der Waals surface area contributed by atoms with E-state index in [1.807, 2.05) is 13.8 Å². The van der Waals surface area contributed by atoms with Gasteiger partial charge in [0.15, 0.2) is 0 Å². The molecule has 0 aliphatic carbocycles. The Morgan fingerprint density at radius 1 is 1.14 bits per heavy atom. The number of likely N-dealkylation sites (tertiary alicyclic amines) is 1. The molecule has 0 bridgehead atoms. The third kappa shape index (κ3) is 7.62. The molecule has 9 heteroatoms.